The standard InChI is InChI=1S/C20H25NO6/c1-20(2,3)27-19(23)26-15-12-17-16(24-13-25-17)11-14(15)7-8-18(22)21-9-5-4-6-10-21/h7-8,11-12H,4-6,9-10,13H2,1-3H3. The fourth-order valence-corrected chi connectivity index (χ4v) is 2.90. The first kappa shape index (κ1) is 19.1. The molecule has 0 saturated carbocycles. The molecule has 0 aliphatic carbocycles. The highest BCUT2D eigenvalue weighted by atomic mass is 16.7. The van der Waals surface area contributed by atoms with E-state index in [1.165, 1.54) is 6.08 Å². The van der Waals surface area contributed by atoms with Crippen molar-refractivity contribution >= 4 is 18.1 Å². The molecule has 7 nitrogen and oxygen atoms in total. The summed E-state index contributed by atoms with van der Waals surface area (Å²) in [5.74, 6) is 1.21. The molecule has 1 saturated heterocycles. The van der Waals surface area contributed by atoms with Gasteiger partial charge in [-0.2, -0.15) is 0 Å². The average Bonchev–Trinajstić information content (AvgIpc) is 3.05. The lowest BCUT2D eigenvalue weighted by Gasteiger charge is -2.25. The van der Waals surface area contributed by atoms with Gasteiger partial charge in [0.15, 0.2) is 11.5 Å². The maximum absolute atomic E-state index is 12.4. The molecule has 1 aromatic carbocycles. The summed E-state index contributed by atoms with van der Waals surface area (Å²) >= 11 is 0. The molecule has 1 aromatic rings. The number of carbonyl (C=O) groups excluding carboxylic acids is 2. The maximum atomic E-state index is 12.4. The van der Waals surface area contributed by atoms with Gasteiger partial charge in [-0.3, -0.25) is 4.79 Å². The predicted octanol–water partition coefficient (Wildman–Crippen LogP) is 3.75. The second-order valence-corrected chi connectivity index (χ2v) is 7.53. The van der Waals surface area contributed by atoms with Gasteiger partial charge < -0.3 is 23.8 Å². The monoisotopic (exact) mass is 375 g/mol. The van der Waals surface area contributed by atoms with E-state index >= 15 is 0 Å². The SMILES string of the molecule is CC(C)(C)OC(=O)Oc1cc2c(cc1C=CC(=O)N1CCCCC1)OCO2. The third-order valence-electron chi connectivity index (χ3n) is 4.16. The van der Waals surface area contributed by atoms with Crippen molar-refractivity contribution in [1.29, 1.82) is 0 Å². The summed E-state index contributed by atoms with van der Waals surface area (Å²) in [6.45, 7) is 6.91. The molecule has 0 radical (unpaired) electrons. The highest BCUT2D eigenvalue weighted by molar-refractivity contribution is 5.92. The topological polar surface area (TPSA) is 74.3 Å². The molecule has 3 rings (SSSR count). The fourth-order valence-electron chi connectivity index (χ4n) is 2.90. The minimum Gasteiger partial charge on any atom is -0.454 e. The number of carbonyl (C=O) groups is 2. The predicted molar refractivity (Wildman–Crippen MR) is 98.9 cm³/mol. The number of fused-ring (bicyclic) bond motifs is 1. The van der Waals surface area contributed by atoms with Crippen LogP contribution in [0.25, 0.3) is 6.08 Å². The molecule has 0 spiro atoms. The van der Waals surface area contributed by atoms with Gasteiger partial charge >= 0.3 is 6.16 Å². The number of ether oxygens (including phenoxy) is 4. The van der Waals surface area contributed by atoms with Crippen LogP contribution < -0.4 is 14.2 Å². The fraction of sp³-hybridized carbons (Fsp3) is 0.500. The first-order valence-electron chi connectivity index (χ1n) is 9.13. The van der Waals surface area contributed by atoms with Crippen LogP contribution in [0.4, 0.5) is 4.79 Å². The Balaban J connectivity index is 1.79. The molecule has 2 aliphatic heterocycles. The summed E-state index contributed by atoms with van der Waals surface area (Å²) in [4.78, 5) is 26.2. The third-order valence-corrected chi connectivity index (χ3v) is 4.16. The summed E-state index contributed by atoms with van der Waals surface area (Å²) in [6, 6.07) is 3.25. The Labute approximate surface area is 158 Å². The van der Waals surface area contributed by atoms with Crippen molar-refractivity contribution in [1.82, 2.24) is 4.90 Å². The van der Waals surface area contributed by atoms with Gasteiger partial charge in [0.1, 0.15) is 11.4 Å². The molecule has 7 heteroatoms. The van der Waals surface area contributed by atoms with Crippen LogP contribution in [0.5, 0.6) is 17.2 Å². The molecule has 0 bridgehead atoms. The lowest BCUT2D eigenvalue weighted by molar-refractivity contribution is -0.126. The summed E-state index contributed by atoms with van der Waals surface area (Å²) in [5.41, 5.74) is -0.135. The average molecular weight is 375 g/mol. The zero-order valence-corrected chi connectivity index (χ0v) is 15.9. The number of rotatable bonds is 3. The molecule has 0 unspecified atom stereocenters. The second-order valence-electron chi connectivity index (χ2n) is 7.53. The Bertz CT molecular complexity index is 744. The van der Waals surface area contributed by atoms with Crippen LogP contribution in [0.2, 0.25) is 0 Å². The lowest BCUT2D eigenvalue weighted by Crippen LogP contribution is -2.34. The van der Waals surface area contributed by atoms with Crippen LogP contribution in [0.15, 0.2) is 18.2 Å². The van der Waals surface area contributed by atoms with Gasteiger partial charge in [-0.05, 0) is 52.2 Å². The number of benzene rings is 1. The van der Waals surface area contributed by atoms with E-state index in [1.54, 1.807) is 39.0 Å². The van der Waals surface area contributed by atoms with Gasteiger partial charge in [0.25, 0.3) is 0 Å². The third kappa shape index (κ3) is 5.15. The van der Waals surface area contributed by atoms with Crippen LogP contribution in [0, 0.1) is 0 Å². The zero-order chi connectivity index (χ0) is 19.4. The first-order chi connectivity index (χ1) is 12.8. The molecular weight excluding hydrogens is 350 g/mol. The summed E-state index contributed by atoms with van der Waals surface area (Å²) in [7, 11) is 0. The molecule has 2 aliphatic rings. The summed E-state index contributed by atoms with van der Waals surface area (Å²) in [6.07, 6.45) is 5.50. The quantitative estimate of drug-likeness (QED) is 0.455. The number of hydrogen-bond acceptors (Lipinski definition) is 6. The molecule has 0 N–H and O–H groups in total. The molecule has 146 valence electrons. The van der Waals surface area contributed by atoms with Crippen molar-refractivity contribution in [2.45, 2.75) is 45.6 Å². The van der Waals surface area contributed by atoms with E-state index in [0.717, 1.165) is 32.4 Å². The summed E-state index contributed by atoms with van der Waals surface area (Å²) < 4.78 is 21.3. The molecule has 0 atom stereocenters. The number of amides is 1. The van der Waals surface area contributed by atoms with Crippen molar-refractivity contribution in [3.8, 4) is 17.2 Å². The summed E-state index contributed by atoms with van der Waals surface area (Å²) in [5, 5.41) is 0. The Morgan fingerprint density at radius 3 is 2.41 bits per heavy atom. The lowest BCUT2D eigenvalue weighted by atomic mass is 10.1. The molecule has 1 fully saturated rings. The molecule has 2 heterocycles. The number of piperidine rings is 1. The largest absolute Gasteiger partial charge is 0.514 e. The van der Waals surface area contributed by atoms with Crippen LogP contribution in [0.3, 0.4) is 0 Å². The number of nitrogens with zero attached hydrogens (tertiary/aromatic N) is 1. The van der Waals surface area contributed by atoms with Crippen molar-refractivity contribution in [2.24, 2.45) is 0 Å². The minimum atomic E-state index is -0.821. The van der Waals surface area contributed by atoms with Crippen LogP contribution in [-0.2, 0) is 9.53 Å². The van der Waals surface area contributed by atoms with Gasteiger partial charge in [-0.15, -0.1) is 0 Å². The van der Waals surface area contributed by atoms with Crippen molar-refractivity contribution in [3.05, 3.63) is 23.8 Å². The zero-order valence-electron chi connectivity index (χ0n) is 15.9. The Morgan fingerprint density at radius 1 is 1.07 bits per heavy atom. The van der Waals surface area contributed by atoms with E-state index in [4.69, 9.17) is 18.9 Å². The van der Waals surface area contributed by atoms with E-state index in [1.807, 2.05) is 4.90 Å². The van der Waals surface area contributed by atoms with Crippen LogP contribution in [-0.4, -0.2) is 42.4 Å². The van der Waals surface area contributed by atoms with Gasteiger partial charge in [-0.25, -0.2) is 4.79 Å². The highest BCUT2D eigenvalue weighted by Crippen LogP contribution is 2.39. The van der Waals surface area contributed by atoms with Gasteiger partial charge in [-0.1, -0.05) is 0 Å². The minimum absolute atomic E-state index is 0.0596. The van der Waals surface area contributed by atoms with E-state index < -0.39 is 11.8 Å². The van der Waals surface area contributed by atoms with Gasteiger partial charge in [0.05, 0.1) is 0 Å². The van der Waals surface area contributed by atoms with E-state index in [9.17, 15) is 9.59 Å². The van der Waals surface area contributed by atoms with Gasteiger partial charge in [0, 0.05) is 30.8 Å². The number of likely N-dealkylation sites (tertiary alicyclic amines) is 1. The molecule has 0 aromatic heterocycles. The van der Waals surface area contributed by atoms with E-state index in [2.05, 4.69) is 0 Å². The second kappa shape index (κ2) is 7.90. The van der Waals surface area contributed by atoms with Crippen LogP contribution in [0.1, 0.15) is 45.6 Å². The van der Waals surface area contributed by atoms with Crippen molar-refractivity contribution in [2.75, 3.05) is 19.9 Å². The highest BCUT2D eigenvalue weighted by Gasteiger charge is 2.22. The van der Waals surface area contributed by atoms with Crippen LogP contribution >= 0.6 is 0 Å². The number of hydrogen-bond donors (Lipinski definition) is 0. The van der Waals surface area contributed by atoms with Crippen molar-refractivity contribution < 1.29 is 28.5 Å². The Kier molecular flexibility index (Phi) is 5.58. The molecule has 27 heavy (non-hydrogen) atoms. The molecular formula is C20H25NO6. The smallest absolute Gasteiger partial charge is 0.454 e. The Hall–Kier alpha value is -2.70. The maximum Gasteiger partial charge on any atom is 0.514 e. The normalized spacial score (nSPS) is 16.5. The van der Waals surface area contributed by atoms with Gasteiger partial charge in [0.2, 0.25) is 12.7 Å². The first-order valence-corrected chi connectivity index (χ1v) is 9.13. The molecule has 1 amide bonds. The van der Waals surface area contributed by atoms with E-state index in [-0.39, 0.29) is 18.4 Å². The van der Waals surface area contributed by atoms with Crippen molar-refractivity contribution in [3.63, 3.8) is 0 Å². The Morgan fingerprint density at radius 2 is 1.74 bits per heavy atom. The van der Waals surface area contributed by atoms with E-state index in [0.29, 0.717) is 17.1 Å².